The highest BCUT2D eigenvalue weighted by atomic mass is 16.5. The number of likely N-dealkylation sites (N-methyl/N-ethyl adjacent to an activating group) is 1. The minimum Gasteiger partial charge on any atom is -0.339 e. The molecule has 0 spiro atoms. The fraction of sp³-hybridized carbons (Fsp3) is 0.647. The number of likely N-dealkylation sites (tertiary alicyclic amines) is 1. The molecule has 1 atom stereocenters. The summed E-state index contributed by atoms with van der Waals surface area (Å²) in [6, 6.07) is 2.60. The summed E-state index contributed by atoms with van der Waals surface area (Å²) in [7, 11) is 2.12. The first-order valence-corrected chi connectivity index (χ1v) is 8.72. The van der Waals surface area contributed by atoms with Crippen molar-refractivity contribution in [2.45, 2.75) is 45.3 Å². The van der Waals surface area contributed by atoms with Gasteiger partial charge >= 0.3 is 0 Å². The van der Waals surface area contributed by atoms with Gasteiger partial charge in [-0.3, -0.25) is 14.5 Å². The standard InChI is InChI=1S/C17H25N7O/c1-13(2)17-20-16(21-25-17)12-22(3)15-4-5-23(11-15)6-7-24-10-14(8-18)9-19-24/h9-10,13,15H,4-7,11-12H2,1-3H3. The van der Waals surface area contributed by atoms with E-state index < -0.39 is 0 Å². The van der Waals surface area contributed by atoms with Crippen LogP contribution in [0.4, 0.5) is 0 Å². The van der Waals surface area contributed by atoms with Crippen molar-refractivity contribution in [3.8, 4) is 6.07 Å². The van der Waals surface area contributed by atoms with E-state index in [1.54, 1.807) is 12.4 Å². The molecule has 1 saturated heterocycles. The van der Waals surface area contributed by atoms with Crippen LogP contribution in [0.25, 0.3) is 0 Å². The predicted octanol–water partition coefficient (Wildman–Crippen LogP) is 1.47. The van der Waals surface area contributed by atoms with Gasteiger partial charge in [0.2, 0.25) is 5.89 Å². The molecule has 0 saturated carbocycles. The molecule has 2 aromatic heterocycles. The van der Waals surface area contributed by atoms with Crippen LogP contribution in [0.2, 0.25) is 0 Å². The zero-order valence-corrected chi connectivity index (χ0v) is 15.1. The van der Waals surface area contributed by atoms with Crippen molar-refractivity contribution in [3.63, 3.8) is 0 Å². The van der Waals surface area contributed by atoms with Gasteiger partial charge in [-0.15, -0.1) is 0 Å². The quantitative estimate of drug-likeness (QED) is 0.752. The maximum absolute atomic E-state index is 8.84. The Kier molecular flexibility index (Phi) is 5.46. The highest BCUT2D eigenvalue weighted by Crippen LogP contribution is 2.17. The lowest BCUT2D eigenvalue weighted by atomic mass is 10.2. The second kappa shape index (κ2) is 7.76. The van der Waals surface area contributed by atoms with Gasteiger partial charge in [0.15, 0.2) is 5.82 Å². The Labute approximate surface area is 148 Å². The molecular weight excluding hydrogens is 318 g/mol. The minimum absolute atomic E-state index is 0.261. The lowest BCUT2D eigenvalue weighted by Gasteiger charge is -2.23. The van der Waals surface area contributed by atoms with Gasteiger partial charge in [0, 0.05) is 31.2 Å². The lowest BCUT2D eigenvalue weighted by Crippen LogP contribution is -2.35. The SMILES string of the molecule is CC(C)c1nc(CN(C)C2CCN(CCn3cc(C#N)cn3)C2)no1. The smallest absolute Gasteiger partial charge is 0.229 e. The summed E-state index contributed by atoms with van der Waals surface area (Å²) in [5.74, 6) is 1.72. The van der Waals surface area contributed by atoms with E-state index in [-0.39, 0.29) is 5.92 Å². The predicted molar refractivity (Wildman–Crippen MR) is 91.6 cm³/mol. The molecule has 0 N–H and O–H groups in total. The summed E-state index contributed by atoms with van der Waals surface area (Å²) in [5, 5.41) is 17.1. The third-order valence-corrected chi connectivity index (χ3v) is 4.65. The van der Waals surface area contributed by atoms with Crippen LogP contribution in [-0.2, 0) is 13.1 Å². The third kappa shape index (κ3) is 4.44. The Bertz CT molecular complexity index is 729. The molecule has 1 unspecified atom stereocenters. The molecule has 1 fully saturated rings. The monoisotopic (exact) mass is 343 g/mol. The summed E-state index contributed by atoms with van der Waals surface area (Å²) in [6.07, 6.45) is 4.53. The zero-order valence-electron chi connectivity index (χ0n) is 15.1. The van der Waals surface area contributed by atoms with Crippen molar-refractivity contribution in [1.29, 1.82) is 5.26 Å². The molecule has 0 aliphatic carbocycles. The molecule has 134 valence electrons. The maximum Gasteiger partial charge on any atom is 0.229 e. The molecule has 0 aromatic carbocycles. The normalized spacial score (nSPS) is 18.3. The molecule has 2 aromatic rings. The van der Waals surface area contributed by atoms with Gasteiger partial charge in [-0.2, -0.15) is 15.3 Å². The van der Waals surface area contributed by atoms with Crippen molar-refractivity contribution in [3.05, 3.63) is 29.7 Å². The number of rotatable bonds is 7. The first kappa shape index (κ1) is 17.6. The topological polar surface area (TPSA) is 87.0 Å². The maximum atomic E-state index is 8.84. The molecule has 8 heteroatoms. The first-order chi connectivity index (χ1) is 12.0. The molecule has 1 aliphatic rings. The van der Waals surface area contributed by atoms with Gasteiger partial charge in [0.25, 0.3) is 0 Å². The van der Waals surface area contributed by atoms with Crippen molar-refractivity contribution in [2.24, 2.45) is 0 Å². The van der Waals surface area contributed by atoms with Gasteiger partial charge in [-0.05, 0) is 20.0 Å². The van der Waals surface area contributed by atoms with Crippen molar-refractivity contribution in [2.75, 3.05) is 26.7 Å². The summed E-state index contributed by atoms with van der Waals surface area (Å²) >= 11 is 0. The van der Waals surface area contributed by atoms with Crippen molar-refractivity contribution in [1.82, 2.24) is 29.7 Å². The Morgan fingerprint density at radius 1 is 1.44 bits per heavy atom. The Morgan fingerprint density at radius 3 is 2.96 bits per heavy atom. The van der Waals surface area contributed by atoms with E-state index in [4.69, 9.17) is 9.78 Å². The molecule has 0 radical (unpaired) electrons. The van der Waals surface area contributed by atoms with Gasteiger partial charge in [-0.1, -0.05) is 19.0 Å². The summed E-state index contributed by atoms with van der Waals surface area (Å²) in [4.78, 5) is 9.19. The van der Waals surface area contributed by atoms with Gasteiger partial charge in [-0.25, -0.2) is 0 Å². The van der Waals surface area contributed by atoms with E-state index in [0.29, 0.717) is 24.0 Å². The van der Waals surface area contributed by atoms with E-state index >= 15 is 0 Å². The fourth-order valence-electron chi connectivity index (χ4n) is 3.08. The van der Waals surface area contributed by atoms with Crippen LogP contribution in [0, 0.1) is 11.3 Å². The summed E-state index contributed by atoms with van der Waals surface area (Å²) < 4.78 is 7.11. The van der Waals surface area contributed by atoms with E-state index in [0.717, 1.165) is 38.4 Å². The number of hydrogen-bond donors (Lipinski definition) is 0. The van der Waals surface area contributed by atoms with E-state index in [2.05, 4.69) is 52.0 Å². The largest absolute Gasteiger partial charge is 0.339 e. The summed E-state index contributed by atoms with van der Waals surface area (Å²) in [5.41, 5.74) is 0.611. The van der Waals surface area contributed by atoms with Crippen LogP contribution >= 0.6 is 0 Å². The fourth-order valence-corrected chi connectivity index (χ4v) is 3.08. The van der Waals surface area contributed by atoms with Crippen LogP contribution in [-0.4, -0.2) is 62.4 Å². The molecule has 3 rings (SSSR count). The minimum atomic E-state index is 0.261. The van der Waals surface area contributed by atoms with Crippen LogP contribution in [0.1, 0.15) is 43.5 Å². The molecule has 25 heavy (non-hydrogen) atoms. The average Bonchev–Trinajstić information content (AvgIpc) is 3.33. The molecule has 1 aliphatic heterocycles. The molecule has 0 amide bonds. The van der Waals surface area contributed by atoms with Gasteiger partial charge < -0.3 is 4.52 Å². The Balaban J connectivity index is 1.45. The number of hydrogen-bond acceptors (Lipinski definition) is 7. The number of aromatic nitrogens is 4. The third-order valence-electron chi connectivity index (χ3n) is 4.65. The van der Waals surface area contributed by atoms with Crippen LogP contribution in [0.15, 0.2) is 16.9 Å². The molecular formula is C17H25N7O. The van der Waals surface area contributed by atoms with Crippen LogP contribution in [0.3, 0.4) is 0 Å². The molecule has 0 bridgehead atoms. The number of nitrogens with zero attached hydrogens (tertiary/aromatic N) is 7. The average molecular weight is 343 g/mol. The van der Waals surface area contributed by atoms with E-state index in [1.807, 2.05) is 4.68 Å². The summed E-state index contributed by atoms with van der Waals surface area (Å²) in [6.45, 7) is 8.66. The molecule has 8 nitrogen and oxygen atoms in total. The lowest BCUT2D eigenvalue weighted by molar-refractivity contribution is 0.215. The first-order valence-electron chi connectivity index (χ1n) is 8.72. The second-order valence-electron chi connectivity index (χ2n) is 6.97. The van der Waals surface area contributed by atoms with Crippen LogP contribution in [0.5, 0.6) is 0 Å². The van der Waals surface area contributed by atoms with Crippen molar-refractivity contribution >= 4 is 0 Å². The zero-order chi connectivity index (χ0) is 17.8. The van der Waals surface area contributed by atoms with E-state index in [9.17, 15) is 0 Å². The van der Waals surface area contributed by atoms with Gasteiger partial charge in [0.1, 0.15) is 6.07 Å². The van der Waals surface area contributed by atoms with Gasteiger partial charge in [0.05, 0.1) is 24.8 Å². The highest BCUT2D eigenvalue weighted by Gasteiger charge is 2.26. The van der Waals surface area contributed by atoms with Crippen LogP contribution < -0.4 is 0 Å². The second-order valence-corrected chi connectivity index (χ2v) is 6.97. The molecule has 3 heterocycles. The van der Waals surface area contributed by atoms with E-state index in [1.165, 1.54) is 0 Å². The Morgan fingerprint density at radius 2 is 2.28 bits per heavy atom. The number of nitriles is 1. The highest BCUT2D eigenvalue weighted by molar-refractivity contribution is 5.21. The Hall–Kier alpha value is -2.24. The van der Waals surface area contributed by atoms with Crippen molar-refractivity contribution < 1.29 is 4.52 Å².